The van der Waals surface area contributed by atoms with Gasteiger partial charge in [0.05, 0.1) is 5.69 Å². The van der Waals surface area contributed by atoms with Gasteiger partial charge in [0, 0.05) is 51.1 Å². The zero-order chi connectivity index (χ0) is 57.0. The molecule has 0 fully saturated rings. The van der Waals surface area contributed by atoms with E-state index >= 15 is 0 Å². The molecular formula is C76H86BN3. The number of benzene rings is 8. The molecule has 0 bridgehead atoms. The number of fused-ring (bicyclic) bond motifs is 6. The van der Waals surface area contributed by atoms with Crippen molar-refractivity contribution in [1.29, 1.82) is 0 Å². The Kier molecular flexibility index (Phi) is 12.2. The molecule has 2 aliphatic carbocycles. The van der Waals surface area contributed by atoms with Crippen molar-refractivity contribution < 1.29 is 0 Å². The normalized spacial score (nSPS) is 17.3. The van der Waals surface area contributed by atoms with E-state index in [0.717, 1.165) is 36.3 Å². The zero-order valence-corrected chi connectivity index (χ0v) is 51.6. The molecule has 0 amide bonds. The Morgan fingerprint density at radius 2 is 0.875 bits per heavy atom. The first-order chi connectivity index (χ1) is 37.4. The number of aryl methyl sites for hydroxylation is 1. The minimum absolute atomic E-state index is 0.0122. The third-order valence-corrected chi connectivity index (χ3v) is 19.3. The number of hydrogen-bond acceptors (Lipinski definition) is 3. The highest BCUT2D eigenvalue weighted by molar-refractivity contribution is 7.00. The first-order valence-electron chi connectivity index (χ1n) is 29.9. The SMILES string of the molecule is Cc1ccc(C(C)(C)C)cc1N1c2ccc(N(c3ccccc3)c3ccccc3)cc2B2c3cc4c(cc3N(c3ccc(C(C)(C)C)cc3-c3ccc5c(c3)C(C)(C)CC5(C)C)c3cc(C(C)(C)C)cc1c32)C(C)(C)CCC4(C)C. The van der Waals surface area contributed by atoms with Crippen LogP contribution in [-0.4, -0.2) is 6.71 Å². The van der Waals surface area contributed by atoms with Gasteiger partial charge in [0.15, 0.2) is 0 Å². The summed E-state index contributed by atoms with van der Waals surface area (Å²) in [6.45, 7) is 43.4. The van der Waals surface area contributed by atoms with Crippen LogP contribution >= 0.6 is 0 Å². The topological polar surface area (TPSA) is 9.72 Å². The summed E-state index contributed by atoms with van der Waals surface area (Å²) in [5.74, 6) is 0. The maximum absolute atomic E-state index is 2.76. The number of hydrogen-bond donors (Lipinski definition) is 0. The van der Waals surface area contributed by atoms with E-state index in [1.54, 1.807) is 0 Å². The Bertz CT molecular complexity index is 3740. The molecule has 0 spiro atoms. The van der Waals surface area contributed by atoms with Crippen molar-refractivity contribution in [3.63, 3.8) is 0 Å². The van der Waals surface area contributed by atoms with Gasteiger partial charge in [-0.15, -0.1) is 0 Å². The van der Waals surface area contributed by atoms with Crippen LogP contribution in [0.4, 0.5) is 51.2 Å². The Morgan fingerprint density at radius 1 is 0.388 bits per heavy atom. The summed E-state index contributed by atoms with van der Waals surface area (Å²) >= 11 is 0. The number of rotatable bonds is 6. The quantitative estimate of drug-likeness (QED) is 0.154. The monoisotopic (exact) mass is 1050 g/mol. The van der Waals surface area contributed by atoms with Crippen LogP contribution in [0.15, 0.2) is 158 Å². The predicted octanol–water partition coefficient (Wildman–Crippen LogP) is 19.4. The molecule has 0 unspecified atom stereocenters. The summed E-state index contributed by atoms with van der Waals surface area (Å²) in [4.78, 5) is 7.88. The molecule has 408 valence electrons. The fourth-order valence-corrected chi connectivity index (χ4v) is 14.6. The number of nitrogens with zero attached hydrogens (tertiary/aromatic N) is 3. The second kappa shape index (κ2) is 18.1. The molecule has 8 aromatic carbocycles. The first kappa shape index (κ1) is 53.8. The highest BCUT2D eigenvalue weighted by atomic mass is 15.2. The van der Waals surface area contributed by atoms with Crippen LogP contribution < -0.4 is 31.1 Å². The fraction of sp³-hybridized carbons (Fsp3) is 0.368. The maximum atomic E-state index is 2.76. The van der Waals surface area contributed by atoms with Crippen LogP contribution in [0, 0.1) is 6.92 Å². The van der Waals surface area contributed by atoms with E-state index in [9.17, 15) is 0 Å². The van der Waals surface area contributed by atoms with Crippen molar-refractivity contribution in [3.05, 3.63) is 202 Å². The van der Waals surface area contributed by atoms with E-state index in [1.165, 1.54) is 106 Å². The highest BCUT2D eigenvalue weighted by Crippen LogP contribution is 2.55. The molecule has 0 atom stereocenters. The van der Waals surface area contributed by atoms with Gasteiger partial charge < -0.3 is 14.7 Å². The summed E-state index contributed by atoms with van der Waals surface area (Å²) in [7, 11) is 0. The molecule has 0 N–H and O–H groups in total. The van der Waals surface area contributed by atoms with Crippen molar-refractivity contribution in [2.75, 3.05) is 14.7 Å². The average molecular weight is 1050 g/mol. The minimum Gasteiger partial charge on any atom is -0.311 e. The molecule has 0 saturated carbocycles. The van der Waals surface area contributed by atoms with E-state index in [0.29, 0.717) is 0 Å². The van der Waals surface area contributed by atoms with E-state index in [1.807, 2.05) is 0 Å². The van der Waals surface area contributed by atoms with E-state index in [-0.39, 0.29) is 44.6 Å². The van der Waals surface area contributed by atoms with Gasteiger partial charge >= 0.3 is 0 Å². The lowest BCUT2D eigenvalue weighted by Crippen LogP contribution is -2.62. The largest absolute Gasteiger partial charge is 0.311 e. The predicted molar refractivity (Wildman–Crippen MR) is 347 cm³/mol. The molecule has 4 heteroatoms. The van der Waals surface area contributed by atoms with Gasteiger partial charge in [0.2, 0.25) is 0 Å². The molecule has 0 radical (unpaired) electrons. The van der Waals surface area contributed by atoms with Crippen LogP contribution in [0.25, 0.3) is 11.1 Å². The number of anilines is 9. The van der Waals surface area contributed by atoms with Gasteiger partial charge in [-0.1, -0.05) is 197 Å². The maximum Gasteiger partial charge on any atom is 0.252 e. The molecule has 0 saturated heterocycles. The summed E-state index contributed by atoms with van der Waals surface area (Å²) in [6, 6.07) is 62.1. The highest BCUT2D eigenvalue weighted by Gasteiger charge is 2.48. The van der Waals surface area contributed by atoms with Gasteiger partial charge in [-0.05, 0) is 209 Å². The molecule has 8 aromatic rings. The molecule has 4 aliphatic rings. The Balaban J connectivity index is 1.24. The zero-order valence-electron chi connectivity index (χ0n) is 51.6. The van der Waals surface area contributed by atoms with Gasteiger partial charge in [0.25, 0.3) is 6.71 Å². The second-order valence-electron chi connectivity index (χ2n) is 30.2. The number of para-hydroxylation sites is 2. The van der Waals surface area contributed by atoms with Crippen molar-refractivity contribution >= 4 is 74.3 Å². The molecular weight excluding hydrogens is 966 g/mol. The molecule has 2 heterocycles. The van der Waals surface area contributed by atoms with Crippen molar-refractivity contribution in [2.24, 2.45) is 0 Å². The average Bonchev–Trinajstić information content (AvgIpc) is 3.75. The third kappa shape index (κ3) is 8.76. The molecule has 2 aliphatic heterocycles. The first-order valence-corrected chi connectivity index (χ1v) is 29.9. The lowest BCUT2D eigenvalue weighted by molar-refractivity contribution is 0.332. The van der Waals surface area contributed by atoms with Crippen molar-refractivity contribution in [2.45, 2.75) is 182 Å². The molecule has 12 rings (SSSR count). The van der Waals surface area contributed by atoms with Crippen LogP contribution in [0.3, 0.4) is 0 Å². The summed E-state index contributed by atoms with van der Waals surface area (Å²) in [5.41, 5.74) is 28.5. The van der Waals surface area contributed by atoms with E-state index in [4.69, 9.17) is 0 Å². The Labute approximate surface area is 481 Å². The molecule has 0 aromatic heterocycles. The fourth-order valence-electron chi connectivity index (χ4n) is 14.6. The standard InChI is InChI=1S/C76H86BN3/c1-48-29-31-51(71(5,6)7)41-65(48)80-64-36-33-55(78(53-25-21-19-22-26-53)54-27-23-20-24-28-54)44-61(64)77-62-45-59-60(74(13,14)38-37-73(59,11)12)46-66(62)79(67-42-52(72(8,9)10)43-68(80)69(67)77)63-35-32-50(70(2,3)4)40-56(63)49-30-34-57-58(39-49)76(17,18)47-75(57,15)16/h19-36,39-46H,37-38,47H2,1-18H3. The van der Waals surface area contributed by atoms with Crippen LogP contribution in [0.2, 0.25) is 0 Å². The van der Waals surface area contributed by atoms with Crippen LogP contribution in [0.5, 0.6) is 0 Å². The molecule has 80 heavy (non-hydrogen) atoms. The lowest BCUT2D eigenvalue weighted by Gasteiger charge is -2.48. The van der Waals surface area contributed by atoms with Gasteiger partial charge in [-0.2, -0.15) is 0 Å². The van der Waals surface area contributed by atoms with Crippen LogP contribution in [0.1, 0.15) is 181 Å². The lowest BCUT2D eigenvalue weighted by atomic mass is 9.33. The summed E-state index contributed by atoms with van der Waals surface area (Å²) < 4.78 is 0. The summed E-state index contributed by atoms with van der Waals surface area (Å²) in [5, 5.41) is 0. The van der Waals surface area contributed by atoms with E-state index in [2.05, 4.69) is 297 Å². The van der Waals surface area contributed by atoms with E-state index < -0.39 is 0 Å². The van der Waals surface area contributed by atoms with Crippen molar-refractivity contribution in [1.82, 2.24) is 0 Å². The molecule has 3 nitrogen and oxygen atoms in total. The Morgan fingerprint density at radius 3 is 1.46 bits per heavy atom. The Hall–Kier alpha value is -6.78. The van der Waals surface area contributed by atoms with Gasteiger partial charge in [-0.3, -0.25) is 0 Å². The van der Waals surface area contributed by atoms with Crippen LogP contribution in [-0.2, 0) is 37.9 Å². The minimum atomic E-state index is -0.171. The smallest absolute Gasteiger partial charge is 0.252 e. The second-order valence-corrected chi connectivity index (χ2v) is 30.2. The van der Waals surface area contributed by atoms with Gasteiger partial charge in [-0.25, -0.2) is 0 Å². The van der Waals surface area contributed by atoms with Gasteiger partial charge in [0.1, 0.15) is 0 Å². The third-order valence-electron chi connectivity index (χ3n) is 19.3. The van der Waals surface area contributed by atoms with Crippen molar-refractivity contribution in [3.8, 4) is 11.1 Å². The summed E-state index contributed by atoms with van der Waals surface area (Å²) in [6.07, 6.45) is 3.41.